The molecule has 4 nitrogen and oxygen atoms in total. The molecule has 128 valence electrons. The second-order valence-electron chi connectivity index (χ2n) is 5.47. The van der Waals surface area contributed by atoms with Crippen molar-refractivity contribution in [2.24, 2.45) is 0 Å². The van der Waals surface area contributed by atoms with Gasteiger partial charge in [-0.3, -0.25) is 4.79 Å². The molecular weight excluding hydrogens is 304 g/mol. The Morgan fingerprint density at radius 2 is 1.75 bits per heavy atom. The van der Waals surface area contributed by atoms with E-state index in [9.17, 15) is 4.79 Å². The molecule has 0 aliphatic rings. The van der Waals surface area contributed by atoms with Crippen molar-refractivity contribution in [1.29, 1.82) is 0 Å². The summed E-state index contributed by atoms with van der Waals surface area (Å²) < 4.78 is 17.2. The van der Waals surface area contributed by atoms with Gasteiger partial charge in [-0.2, -0.15) is 0 Å². The number of hydrogen-bond acceptors (Lipinski definition) is 4. The van der Waals surface area contributed by atoms with Crippen molar-refractivity contribution in [1.82, 2.24) is 0 Å². The fourth-order valence-corrected chi connectivity index (χ4v) is 2.27. The van der Waals surface area contributed by atoms with Gasteiger partial charge in [-0.15, -0.1) is 0 Å². The maximum atomic E-state index is 11.2. The van der Waals surface area contributed by atoms with Gasteiger partial charge in [0.25, 0.3) is 0 Å². The van der Waals surface area contributed by atoms with Gasteiger partial charge in [0.2, 0.25) is 5.75 Å². The normalized spacial score (nSPS) is 10.3. The van der Waals surface area contributed by atoms with Crippen LogP contribution in [0.15, 0.2) is 36.4 Å². The summed E-state index contributed by atoms with van der Waals surface area (Å²) in [6.45, 7) is 4.77. The van der Waals surface area contributed by atoms with Crippen molar-refractivity contribution in [3.05, 3.63) is 47.5 Å². The van der Waals surface area contributed by atoms with Gasteiger partial charge in [-0.25, -0.2) is 0 Å². The molecule has 0 heterocycles. The van der Waals surface area contributed by atoms with Crippen LogP contribution in [0.3, 0.4) is 0 Å². The molecular formula is C20H24O4. The Labute approximate surface area is 143 Å². The van der Waals surface area contributed by atoms with E-state index in [0.29, 0.717) is 35.2 Å². The average Bonchev–Trinajstić information content (AvgIpc) is 2.63. The highest BCUT2D eigenvalue weighted by Crippen LogP contribution is 2.40. The van der Waals surface area contributed by atoms with Crippen molar-refractivity contribution in [3.8, 4) is 23.0 Å². The van der Waals surface area contributed by atoms with Crippen LogP contribution in [-0.2, 0) is 6.42 Å². The molecule has 0 atom stereocenters. The van der Waals surface area contributed by atoms with E-state index in [-0.39, 0.29) is 0 Å². The molecule has 0 N–H and O–H groups in total. The molecule has 0 aliphatic heterocycles. The SMILES string of the molecule is CCCCOc1c(OC)cc(C=O)cc1Oc1ccc(CC)cc1. The minimum atomic E-state index is 0.481. The van der Waals surface area contributed by atoms with Crippen LogP contribution < -0.4 is 14.2 Å². The first kappa shape index (κ1) is 17.9. The molecule has 0 amide bonds. The average molecular weight is 328 g/mol. The van der Waals surface area contributed by atoms with E-state index in [2.05, 4.69) is 13.8 Å². The minimum Gasteiger partial charge on any atom is -0.493 e. The van der Waals surface area contributed by atoms with E-state index in [1.54, 1.807) is 19.2 Å². The van der Waals surface area contributed by atoms with E-state index in [4.69, 9.17) is 14.2 Å². The van der Waals surface area contributed by atoms with Crippen LogP contribution in [0.2, 0.25) is 0 Å². The number of carbonyl (C=O) groups is 1. The summed E-state index contributed by atoms with van der Waals surface area (Å²) in [4.78, 5) is 11.2. The van der Waals surface area contributed by atoms with Crippen LogP contribution in [-0.4, -0.2) is 20.0 Å². The summed E-state index contributed by atoms with van der Waals surface area (Å²) in [5.41, 5.74) is 1.72. The summed E-state index contributed by atoms with van der Waals surface area (Å²) in [7, 11) is 1.55. The third kappa shape index (κ3) is 4.51. The Morgan fingerprint density at radius 3 is 2.33 bits per heavy atom. The lowest BCUT2D eigenvalue weighted by Gasteiger charge is -2.16. The van der Waals surface area contributed by atoms with Crippen molar-refractivity contribution in [2.45, 2.75) is 33.1 Å². The van der Waals surface area contributed by atoms with E-state index in [1.807, 2.05) is 24.3 Å². The predicted molar refractivity (Wildman–Crippen MR) is 94.7 cm³/mol. The lowest BCUT2D eigenvalue weighted by Crippen LogP contribution is -2.02. The van der Waals surface area contributed by atoms with Crippen molar-refractivity contribution in [3.63, 3.8) is 0 Å². The second-order valence-corrected chi connectivity index (χ2v) is 5.47. The summed E-state index contributed by atoms with van der Waals surface area (Å²) in [5, 5.41) is 0. The topological polar surface area (TPSA) is 44.8 Å². The summed E-state index contributed by atoms with van der Waals surface area (Å²) >= 11 is 0. The highest BCUT2D eigenvalue weighted by Gasteiger charge is 2.15. The third-order valence-corrected chi connectivity index (χ3v) is 3.70. The van der Waals surface area contributed by atoms with Crippen LogP contribution in [0, 0.1) is 0 Å². The third-order valence-electron chi connectivity index (χ3n) is 3.70. The molecule has 0 unspecified atom stereocenters. The molecule has 4 heteroatoms. The molecule has 2 aromatic rings. The van der Waals surface area contributed by atoms with Crippen molar-refractivity contribution >= 4 is 6.29 Å². The maximum absolute atomic E-state index is 11.2. The van der Waals surface area contributed by atoms with Gasteiger partial charge in [0.1, 0.15) is 12.0 Å². The molecule has 0 saturated heterocycles. The summed E-state index contributed by atoms with van der Waals surface area (Å²) in [5.74, 6) is 2.20. The molecule has 0 aromatic heterocycles. The van der Waals surface area contributed by atoms with Gasteiger partial charge in [-0.05, 0) is 42.7 Å². The van der Waals surface area contributed by atoms with Gasteiger partial charge in [0.15, 0.2) is 11.5 Å². The number of ether oxygens (including phenoxy) is 3. The second kappa shape index (κ2) is 8.96. The zero-order valence-electron chi connectivity index (χ0n) is 14.5. The highest BCUT2D eigenvalue weighted by molar-refractivity contribution is 5.78. The molecule has 0 radical (unpaired) electrons. The number of benzene rings is 2. The largest absolute Gasteiger partial charge is 0.493 e. The number of aldehydes is 1. The van der Waals surface area contributed by atoms with Gasteiger partial charge in [0, 0.05) is 5.56 Å². The van der Waals surface area contributed by atoms with Crippen LogP contribution in [0.1, 0.15) is 42.6 Å². The number of unbranched alkanes of at least 4 members (excludes halogenated alkanes) is 1. The highest BCUT2D eigenvalue weighted by atomic mass is 16.5. The standard InChI is InChI=1S/C20H24O4/c1-4-6-11-23-20-18(22-3)12-16(14-21)13-19(20)24-17-9-7-15(5-2)8-10-17/h7-10,12-14H,4-6,11H2,1-3H3. The number of methoxy groups -OCH3 is 1. The molecule has 2 rings (SSSR count). The predicted octanol–water partition coefficient (Wildman–Crippen LogP) is 5.04. The quantitative estimate of drug-likeness (QED) is 0.478. The zero-order valence-corrected chi connectivity index (χ0v) is 14.5. The molecule has 0 bridgehead atoms. The number of aryl methyl sites for hydroxylation is 1. The Kier molecular flexibility index (Phi) is 6.67. The monoisotopic (exact) mass is 328 g/mol. The number of carbonyl (C=O) groups excluding carboxylic acids is 1. The maximum Gasteiger partial charge on any atom is 0.204 e. The Morgan fingerprint density at radius 1 is 1.04 bits per heavy atom. The van der Waals surface area contributed by atoms with E-state index in [1.165, 1.54) is 5.56 Å². The molecule has 0 saturated carbocycles. The molecule has 0 fully saturated rings. The first-order valence-corrected chi connectivity index (χ1v) is 8.28. The lowest BCUT2D eigenvalue weighted by molar-refractivity contribution is 0.112. The lowest BCUT2D eigenvalue weighted by atomic mass is 10.1. The summed E-state index contributed by atoms with van der Waals surface area (Å²) in [6, 6.07) is 11.2. The fourth-order valence-electron chi connectivity index (χ4n) is 2.27. The van der Waals surface area contributed by atoms with Gasteiger partial charge < -0.3 is 14.2 Å². The van der Waals surface area contributed by atoms with Gasteiger partial charge in [0.05, 0.1) is 13.7 Å². The zero-order chi connectivity index (χ0) is 17.4. The van der Waals surface area contributed by atoms with Gasteiger partial charge >= 0.3 is 0 Å². The molecule has 2 aromatic carbocycles. The number of hydrogen-bond donors (Lipinski definition) is 0. The van der Waals surface area contributed by atoms with Gasteiger partial charge in [-0.1, -0.05) is 32.4 Å². The Hall–Kier alpha value is -2.49. The fraction of sp³-hybridized carbons (Fsp3) is 0.350. The van der Waals surface area contributed by atoms with Crippen LogP contribution in [0.4, 0.5) is 0 Å². The molecule has 24 heavy (non-hydrogen) atoms. The van der Waals surface area contributed by atoms with Crippen LogP contribution >= 0.6 is 0 Å². The van der Waals surface area contributed by atoms with E-state index >= 15 is 0 Å². The van der Waals surface area contributed by atoms with E-state index in [0.717, 1.165) is 25.5 Å². The first-order chi connectivity index (χ1) is 11.7. The Balaban J connectivity index is 2.34. The van der Waals surface area contributed by atoms with Crippen LogP contribution in [0.5, 0.6) is 23.0 Å². The molecule has 0 spiro atoms. The first-order valence-electron chi connectivity index (χ1n) is 8.28. The Bertz CT molecular complexity index is 662. The smallest absolute Gasteiger partial charge is 0.204 e. The van der Waals surface area contributed by atoms with Crippen molar-refractivity contribution < 1.29 is 19.0 Å². The van der Waals surface area contributed by atoms with Crippen LogP contribution in [0.25, 0.3) is 0 Å². The number of rotatable bonds is 9. The molecule has 0 aliphatic carbocycles. The van der Waals surface area contributed by atoms with Crippen molar-refractivity contribution in [2.75, 3.05) is 13.7 Å². The minimum absolute atomic E-state index is 0.481. The summed E-state index contributed by atoms with van der Waals surface area (Å²) in [6.07, 6.45) is 3.71. The van der Waals surface area contributed by atoms with E-state index < -0.39 is 0 Å².